The summed E-state index contributed by atoms with van der Waals surface area (Å²) in [4.78, 5) is 29.2. The summed E-state index contributed by atoms with van der Waals surface area (Å²) >= 11 is 3.37. The molecular weight excluding hydrogens is 410 g/mol. The van der Waals surface area contributed by atoms with E-state index in [1.54, 1.807) is 0 Å². The molecule has 2 N–H and O–H groups in total. The van der Waals surface area contributed by atoms with Crippen LogP contribution in [0.1, 0.15) is 5.56 Å². The second-order valence-corrected chi connectivity index (χ2v) is 7.27. The van der Waals surface area contributed by atoms with Crippen molar-refractivity contribution in [2.24, 2.45) is 0 Å². The fourth-order valence-electron chi connectivity index (χ4n) is 3.23. The Morgan fingerprint density at radius 2 is 1.85 bits per heavy atom. The number of benzene rings is 2. The molecule has 6 nitrogen and oxygen atoms in total. The van der Waals surface area contributed by atoms with Gasteiger partial charge in [-0.15, -0.1) is 0 Å². The number of imide groups is 1. The van der Waals surface area contributed by atoms with E-state index >= 15 is 0 Å². The number of H-pyrrole nitrogens is 1. The molecule has 1 saturated heterocycles. The fraction of sp³-hybridized carbons (Fsp3) is 0.200. The number of hydrogen-bond donors (Lipinski definition) is 2. The van der Waals surface area contributed by atoms with Crippen LogP contribution in [0.5, 0.6) is 5.75 Å². The van der Waals surface area contributed by atoms with Crippen LogP contribution >= 0.6 is 15.9 Å². The van der Waals surface area contributed by atoms with Crippen LogP contribution < -0.4 is 10.1 Å². The predicted octanol–water partition coefficient (Wildman–Crippen LogP) is 3.47. The van der Waals surface area contributed by atoms with Crippen LogP contribution in [0.4, 0.5) is 4.79 Å². The molecule has 1 atom stereocenters. The monoisotopic (exact) mass is 427 g/mol. The average Bonchev–Trinajstić information content (AvgIpc) is 3.19. The third-order valence-corrected chi connectivity index (χ3v) is 5.13. The van der Waals surface area contributed by atoms with E-state index in [0.29, 0.717) is 12.2 Å². The van der Waals surface area contributed by atoms with Crippen molar-refractivity contribution in [1.82, 2.24) is 15.2 Å². The number of halogens is 1. The molecule has 4 rings (SSSR count). The van der Waals surface area contributed by atoms with Crippen molar-refractivity contribution in [3.05, 3.63) is 64.8 Å². The zero-order valence-corrected chi connectivity index (χ0v) is 16.0. The first-order valence-corrected chi connectivity index (χ1v) is 9.46. The van der Waals surface area contributed by atoms with Crippen molar-refractivity contribution < 1.29 is 14.3 Å². The maximum Gasteiger partial charge on any atom is 0.324 e. The van der Waals surface area contributed by atoms with Crippen LogP contribution in [0.15, 0.2) is 59.2 Å². The van der Waals surface area contributed by atoms with E-state index < -0.39 is 6.04 Å². The number of urea groups is 1. The van der Waals surface area contributed by atoms with Crippen LogP contribution in [-0.4, -0.2) is 41.0 Å². The van der Waals surface area contributed by atoms with Crippen molar-refractivity contribution in [3.8, 4) is 5.75 Å². The summed E-state index contributed by atoms with van der Waals surface area (Å²) in [7, 11) is 0. The van der Waals surface area contributed by atoms with Gasteiger partial charge in [0.2, 0.25) is 0 Å². The molecule has 0 saturated carbocycles. The highest BCUT2D eigenvalue weighted by Crippen LogP contribution is 2.21. The standard InChI is InChI=1S/C20H18BrN3O3/c21-14-5-7-15(8-6-14)27-10-9-24-19(25)18(23-20(24)26)11-13-12-22-17-4-2-1-3-16(13)17/h1-8,12,18,22H,9-11H2,(H,23,26). The van der Waals surface area contributed by atoms with Crippen molar-refractivity contribution in [2.45, 2.75) is 12.5 Å². The van der Waals surface area contributed by atoms with E-state index in [4.69, 9.17) is 4.74 Å². The van der Waals surface area contributed by atoms with E-state index in [1.165, 1.54) is 4.90 Å². The van der Waals surface area contributed by atoms with E-state index in [-0.39, 0.29) is 25.1 Å². The van der Waals surface area contributed by atoms with Crippen molar-refractivity contribution in [3.63, 3.8) is 0 Å². The Morgan fingerprint density at radius 1 is 1.07 bits per heavy atom. The highest BCUT2D eigenvalue weighted by atomic mass is 79.9. The Morgan fingerprint density at radius 3 is 2.67 bits per heavy atom. The quantitative estimate of drug-likeness (QED) is 0.591. The minimum Gasteiger partial charge on any atom is -0.492 e. The summed E-state index contributed by atoms with van der Waals surface area (Å²) in [6.45, 7) is 0.464. The smallest absolute Gasteiger partial charge is 0.324 e. The molecule has 1 aromatic heterocycles. The number of amides is 3. The van der Waals surface area contributed by atoms with Crippen molar-refractivity contribution in [2.75, 3.05) is 13.2 Å². The average molecular weight is 428 g/mol. The number of rotatable bonds is 6. The van der Waals surface area contributed by atoms with Crippen LogP contribution in [0.2, 0.25) is 0 Å². The van der Waals surface area contributed by atoms with Gasteiger partial charge in [-0.25, -0.2) is 4.79 Å². The molecular formula is C20H18BrN3O3. The minimum atomic E-state index is -0.551. The lowest BCUT2D eigenvalue weighted by Gasteiger charge is -2.14. The number of aromatic amines is 1. The van der Waals surface area contributed by atoms with E-state index in [2.05, 4.69) is 26.2 Å². The molecule has 1 aliphatic heterocycles. The third kappa shape index (κ3) is 3.68. The number of para-hydroxylation sites is 1. The third-order valence-electron chi connectivity index (χ3n) is 4.60. The Kier molecular flexibility index (Phi) is 4.85. The summed E-state index contributed by atoms with van der Waals surface area (Å²) in [6, 6.07) is 14.4. The SMILES string of the molecule is O=C1NC(Cc2c[nH]c3ccccc23)C(=O)N1CCOc1ccc(Br)cc1. The molecule has 138 valence electrons. The van der Waals surface area contributed by atoms with E-state index in [0.717, 1.165) is 20.9 Å². The molecule has 0 bridgehead atoms. The minimum absolute atomic E-state index is 0.213. The first-order valence-electron chi connectivity index (χ1n) is 8.67. The molecule has 1 unspecified atom stereocenters. The van der Waals surface area contributed by atoms with Gasteiger partial charge in [0, 0.05) is 28.0 Å². The van der Waals surface area contributed by atoms with Crippen LogP contribution in [0.25, 0.3) is 10.9 Å². The number of fused-ring (bicyclic) bond motifs is 1. The van der Waals surface area contributed by atoms with Crippen LogP contribution in [-0.2, 0) is 11.2 Å². The number of nitrogens with one attached hydrogen (secondary N) is 2. The number of hydrogen-bond acceptors (Lipinski definition) is 3. The Balaban J connectivity index is 1.37. The summed E-state index contributed by atoms with van der Waals surface area (Å²) in [6.07, 6.45) is 2.35. The van der Waals surface area contributed by atoms with Gasteiger partial charge in [-0.2, -0.15) is 0 Å². The predicted molar refractivity (Wildman–Crippen MR) is 106 cm³/mol. The Bertz CT molecular complexity index is 984. The molecule has 0 aliphatic carbocycles. The summed E-state index contributed by atoms with van der Waals surface area (Å²) in [5.41, 5.74) is 2.03. The summed E-state index contributed by atoms with van der Waals surface area (Å²) in [5, 5.41) is 3.84. The maximum atomic E-state index is 12.6. The second-order valence-electron chi connectivity index (χ2n) is 6.36. The lowest BCUT2D eigenvalue weighted by Crippen LogP contribution is -2.35. The zero-order chi connectivity index (χ0) is 18.8. The fourth-order valence-corrected chi connectivity index (χ4v) is 3.50. The van der Waals surface area contributed by atoms with Gasteiger partial charge >= 0.3 is 6.03 Å². The number of carbonyl (C=O) groups is 2. The highest BCUT2D eigenvalue weighted by Gasteiger charge is 2.37. The molecule has 7 heteroatoms. The van der Waals surface area contributed by atoms with Gasteiger partial charge in [0.1, 0.15) is 18.4 Å². The van der Waals surface area contributed by atoms with Gasteiger partial charge in [0.05, 0.1) is 6.54 Å². The molecule has 2 aromatic carbocycles. The maximum absolute atomic E-state index is 12.6. The molecule has 27 heavy (non-hydrogen) atoms. The first-order chi connectivity index (χ1) is 13.1. The second kappa shape index (κ2) is 7.44. The first kappa shape index (κ1) is 17.6. The zero-order valence-electron chi connectivity index (χ0n) is 14.4. The van der Waals surface area contributed by atoms with Gasteiger partial charge in [-0.1, -0.05) is 34.1 Å². The lowest BCUT2D eigenvalue weighted by molar-refractivity contribution is -0.127. The topological polar surface area (TPSA) is 74.4 Å². The molecule has 0 radical (unpaired) electrons. The van der Waals surface area contributed by atoms with Gasteiger partial charge in [0.25, 0.3) is 5.91 Å². The summed E-state index contributed by atoms with van der Waals surface area (Å²) in [5.74, 6) is 0.477. The molecule has 0 spiro atoms. The number of ether oxygens (including phenoxy) is 1. The number of aromatic nitrogens is 1. The molecule has 3 aromatic rings. The van der Waals surface area contributed by atoms with Gasteiger partial charge < -0.3 is 15.0 Å². The normalized spacial score (nSPS) is 16.8. The molecule has 1 aliphatic rings. The van der Waals surface area contributed by atoms with Crippen LogP contribution in [0.3, 0.4) is 0 Å². The molecule has 1 fully saturated rings. The Labute approximate surface area is 164 Å². The van der Waals surface area contributed by atoms with Crippen LogP contribution in [0, 0.1) is 0 Å². The summed E-state index contributed by atoms with van der Waals surface area (Å²) < 4.78 is 6.58. The van der Waals surface area contributed by atoms with E-state index in [9.17, 15) is 9.59 Å². The van der Waals surface area contributed by atoms with Crippen molar-refractivity contribution >= 4 is 38.8 Å². The van der Waals surface area contributed by atoms with Gasteiger partial charge in [-0.05, 0) is 35.9 Å². The Hall–Kier alpha value is -2.80. The van der Waals surface area contributed by atoms with E-state index in [1.807, 2.05) is 54.7 Å². The van der Waals surface area contributed by atoms with Gasteiger partial charge in [-0.3, -0.25) is 9.69 Å². The van der Waals surface area contributed by atoms with Crippen molar-refractivity contribution in [1.29, 1.82) is 0 Å². The largest absolute Gasteiger partial charge is 0.492 e. The molecule has 3 amide bonds. The molecule has 2 heterocycles. The highest BCUT2D eigenvalue weighted by molar-refractivity contribution is 9.10. The lowest BCUT2D eigenvalue weighted by atomic mass is 10.1. The van der Waals surface area contributed by atoms with Gasteiger partial charge in [0.15, 0.2) is 0 Å². The number of carbonyl (C=O) groups excluding carboxylic acids is 2. The number of nitrogens with zero attached hydrogens (tertiary/aromatic N) is 1.